The summed E-state index contributed by atoms with van der Waals surface area (Å²) in [6.45, 7) is 3.16. The maximum absolute atomic E-state index is 11.8. The summed E-state index contributed by atoms with van der Waals surface area (Å²) in [4.78, 5) is 25.3. The summed E-state index contributed by atoms with van der Waals surface area (Å²) in [6, 6.07) is 4.72. The van der Waals surface area contributed by atoms with E-state index >= 15 is 0 Å². The zero-order valence-corrected chi connectivity index (χ0v) is 12.6. The van der Waals surface area contributed by atoms with Gasteiger partial charge in [-0.05, 0) is 25.1 Å². The lowest BCUT2D eigenvalue weighted by atomic mass is 10.1. The van der Waals surface area contributed by atoms with Crippen LogP contribution in [-0.4, -0.2) is 45.1 Å². The van der Waals surface area contributed by atoms with Crippen molar-refractivity contribution in [1.82, 2.24) is 0 Å². The molecule has 5 nitrogen and oxygen atoms in total. The standard InChI is InChI=1S/C14H18ClNO4/c1-4-16(8-7-15)12-9-10(13(17)19-2)5-6-11(12)14(18)20-3/h5-6,9H,4,7-8H2,1-3H3. The number of hydrogen-bond acceptors (Lipinski definition) is 5. The summed E-state index contributed by atoms with van der Waals surface area (Å²) in [5.74, 6) is -0.495. The van der Waals surface area contributed by atoms with Gasteiger partial charge in [-0.15, -0.1) is 11.6 Å². The number of esters is 2. The Kier molecular flexibility index (Phi) is 6.31. The van der Waals surface area contributed by atoms with Crippen LogP contribution >= 0.6 is 11.6 Å². The second kappa shape index (κ2) is 7.75. The fraction of sp³-hybridized carbons (Fsp3) is 0.429. The number of methoxy groups -OCH3 is 2. The molecule has 0 unspecified atom stereocenters. The molecule has 20 heavy (non-hydrogen) atoms. The summed E-state index contributed by atoms with van der Waals surface area (Å²) in [5.41, 5.74) is 1.39. The average Bonchev–Trinajstić information content (AvgIpc) is 2.50. The van der Waals surface area contributed by atoms with Crippen LogP contribution in [0.25, 0.3) is 0 Å². The van der Waals surface area contributed by atoms with Crippen LogP contribution in [0, 0.1) is 0 Å². The van der Waals surface area contributed by atoms with Crippen LogP contribution in [0.3, 0.4) is 0 Å². The smallest absolute Gasteiger partial charge is 0.339 e. The van der Waals surface area contributed by atoms with Gasteiger partial charge in [0.2, 0.25) is 0 Å². The van der Waals surface area contributed by atoms with Gasteiger partial charge in [-0.25, -0.2) is 9.59 Å². The van der Waals surface area contributed by atoms with Crippen LogP contribution in [0.1, 0.15) is 27.6 Å². The average molecular weight is 300 g/mol. The zero-order valence-electron chi connectivity index (χ0n) is 11.8. The molecule has 0 radical (unpaired) electrons. The van der Waals surface area contributed by atoms with E-state index in [1.165, 1.54) is 20.3 Å². The highest BCUT2D eigenvalue weighted by molar-refractivity contribution is 6.18. The molecule has 0 aliphatic heterocycles. The molecule has 1 aromatic rings. The topological polar surface area (TPSA) is 55.8 Å². The number of hydrogen-bond donors (Lipinski definition) is 0. The van der Waals surface area contributed by atoms with Crippen LogP contribution < -0.4 is 4.90 Å². The zero-order chi connectivity index (χ0) is 15.1. The fourth-order valence-corrected chi connectivity index (χ4v) is 2.08. The number of halogens is 1. The van der Waals surface area contributed by atoms with Gasteiger partial charge in [0.05, 0.1) is 31.0 Å². The number of carbonyl (C=O) groups excluding carboxylic acids is 2. The van der Waals surface area contributed by atoms with E-state index in [1.54, 1.807) is 12.1 Å². The number of anilines is 1. The Morgan fingerprint density at radius 1 is 1.20 bits per heavy atom. The Balaban J connectivity index is 3.31. The molecule has 0 N–H and O–H groups in total. The molecule has 0 aliphatic rings. The Morgan fingerprint density at radius 2 is 1.85 bits per heavy atom. The predicted octanol–water partition coefficient (Wildman–Crippen LogP) is 2.32. The summed E-state index contributed by atoms with van der Waals surface area (Å²) < 4.78 is 9.45. The number of carbonyl (C=O) groups is 2. The molecular formula is C14H18ClNO4. The minimum Gasteiger partial charge on any atom is -0.465 e. The molecule has 0 amide bonds. The minimum atomic E-state index is -0.454. The van der Waals surface area contributed by atoms with Gasteiger partial charge in [-0.2, -0.15) is 0 Å². The lowest BCUT2D eigenvalue weighted by Gasteiger charge is -2.24. The molecule has 0 aromatic heterocycles. The van der Waals surface area contributed by atoms with Gasteiger partial charge in [0.25, 0.3) is 0 Å². The van der Waals surface area contributed by atoms with Crippen LogP contribution in [0.5, 0.6) is 0 Å². The largest absolute Gasteiger partial charge is 0.465 e. The van der Waals surface area contributed by atoms with Crippen molar-refractivity contribution in [3.8, 4) is 0 Å². The molecule has 0 aliphatic carbocycles. The molecule has 1 aromatic carbocycles. The number of benzene rings is 1. The van der Waals surface area contributed by atoms with Crippen molar-refractivity contribution in [1.29, 1.82) is 0 Å². The molecule has 110 valence electrons. The Labute approximate surface area is 123 Å². The molecule has 0 saturated heterocycles. The van der Waals surface area contributed by atoms with Crippen molar-refractivity contribution < 1.29 is 19.1 Å². The highest BCUT2D eigenvalue weighted by atomic mass is 35.5. The van der Waals surface area contributed by atoms with E-state index < -0.39 is 11.9 Å². The summed E-state index contributed by atoms with van der Waals surface area (Å²) in [7, 11) is 2.63. The molecule has 0 fully saturated rings. The van der Waals surface area contributed by atoms with E-state index in [2.05, 4.69) is 0 Å². The Bertz CT molecular complexity index is 490. The van der Waals surface area contributed by atoms with E-state index in [-0.39, 0.29) is 0 Å². The monoisotopic (exact) mass is 299 g/mol. The van der Waals surface area contributed by atoms with Crippen LogP contribution in [0.15, 0.2) is 18.2 Å². The van der Waals surface area contributed by atoms with E-state index in [1.807, 2.05) is 11.8 Å². The summed E-state index contributed by atoms with van der Waals surface area (Å²) >= 11 is 5.77. The molecule has 1 rings (SSSR count). The maximum Gasteiger partial charge on any atom is 0.339 e. The quantitative estimate of drug-likeness (QED) is 0.596. The van der Waals surface area contributed by atoms with Gasteiger partial charge in [-0.3, -0.25) is 0 Å². The maximum atomic E-state index is 11.8. The second-order valence-electron chi connectivity index (χ2n) is 3.98. The van der Waals surface area contributed by atoms with Crippen molar-refractivity contribution in [2.45, 2.75) is 6.92 Å². The number of alkyl halides is 1. The van der Waals surface area contributed by atoms with Crippen LogP contribution in [-0.2, 0) is 9.47 Å². The summed E-state index contributed by atoms with van der Waals surface area (Å²) in [6.07, 6.45) is 0. The molecule has 0 saturated carbocycles. The molecule has 0 bridgehead atoms. The summed E-state index contributed by atoms with van der Waals surface area (Å²) in [5, 5.41) is 0. The third-order valence-electron chi connectivity index (χ3n) is 2.90. The molecule has 6 heteroatoms. The number of rotatable bonds is 6. The Hall–Kier alpha value is -1.75. The first-order chi connectivity index (χ1) is 9.58. The third-order valence-corrected chi connectivity index (χ3v) is 3.07. The third kappa shape index (κ3) is 3.63. The van der Waals surface area contributed by atoms with Crippen molar-refractivity contribution in [2.24, 2.45) is 0 Å². The van der Waals surface area contributed by atoms with Crippen LogP contribution in [0.4, 0.5) is 5.69 Å². The molecule has 0 spiro atoms. The number of nitrogens with zero attached hydrogens (tertiary/aromatic N) is 1. The minimum absolute atomic E-state index is 0.378. The lowest BCUT2D eigenvalue weighted by Crippen LogP contribution is -2.27. The van der Waals surface area contributed by atoms with E-state index in [0.29, 0.717) is 35.8 Å². The van der Waals surface area contributed by atoms with Crippen LogP contribution in [0.2, 0.25) is 0 Å². The first-order valence-electron chi connectivity index (χ1n) is 6.20. The van der Waals surface area contributed by atoms with Gasteiger partial charge in [-0.1, -0.05) is 0 Å². The fourth-order valence-electron chi connectivity index (χ4n) is 1.87. The van der Waals surface area contributed by atoms with Crippen molar-refractivity contribution in [3.05, 3.63) is 29.3 Å². The highest BCUT2D eigenvalue weighted by Gasteiger charge is 2.19. The first-order valence-corrected chi connectivity index (χ1v) is 6.74. The molecule has 0 heterocycles. The van der Waals surface area contributed by atoms with Gasteiger partial charge >= 0.3 is 11.9 Å². The second-order valence-corrected chi connectivity index (χ2v) is 4.36. The normalized spacial score (nSPS) is 10.0. The lowest BCUT2D eigenvalue weighted by molar-refractivity contribution is 0.0587. The van der Waals surface area contributed by atoms with E-state index in [4.69, 9.17) is 21.1 Å². The molecule has 0 atom stereocenters. The highest BCUT2D eigenvalue weighted by Crippen LogP contribution is 2.24. The number of ether oxygens (including phenoxy) is 2. The van der Waals surface area contributed by atoms with Crippen molar-refractivity contribution in [2.75, 3.05) is 38.1 Å². The van der Waals surface area contributed by atoms with Gasteiger partial charge in [0.15, 0.2) is 0 Å². The SMILES string of the molecule is CCN(CCCl)c1cc(C(=O)OC)ccc1C(=O)OC. The van der Waals surface area contributed by atoms with Gasteiger partial charge in [0, 0.05) is 19.0 Å². The van der Waals surface area contributed by atoms with Crippen molar-refractivity contribution in [3.63, 3.8) is 0 Å². The van der Waals surface area contributed by atoms with Gasteiger partial charge in [0.1, 0.15) is 0 Å². The van der Waals surface area contributed by atoms with Crippen molar-refractivity contribution >= 4 is 29.2 Å². The molecular weight excluding hydrogens is 282 g/mol. The van der Waals surface area contributed by atoms with E-state index in [0.717, 1.165) is 0 Å². The first kappa shape index (κ1) is 16.3. The van der Waals surface area contributed by atoms with Gasteiger partial charge < -0.3 is 14.4 Å². The Morgan fingerprint density at radius 3 is 2.35 bits per heavy atom. The predicted molar refractivity (Wildman–Crippen MR) is 77.7 cm³/mol. The van der Waals surface area contributed by atoms with E-state index in [9.17, 15) is 9.59 Å².